The SMILES string of the molecule is O=S([O-])c1cc(Br)cs1.[Na+]. The number of hydrogen-bond acceptors (Lipinski definition) is 3. The Balaban J connectivity index is 0.000000810. The normalized spacial score (nSPS) is 12.2. The quantitative estimate of drug-likeness (QED) is 0.461. The van der Waals surface area contributed by atoms with Crippen LogP contribution in [0.1, 0.15) is 0 Å². The van der Waals surface area contributed by atoms with Crippen molar-refractivity contribution in [1.29, 1.82) is 0 Å². The van der Waals surface area contributed by atoms with Crippen molar-refractivity contribution in [3.8, 4) is 0 Å². The molecule has 1 unspecified atom stereocenters. The minimum atomic E-state index is -2.07. The van der Waals surface area contributed by atoms with Crippen molar-refractivity contribution in [3.05, 3.63) is 15.9 Å². The fourth-order valence-corrected chi connectivity index (χ4v) is 2.37. The van der Waals surface area contributed by atoms with Gasteiger partial charge < -0.3 is 4.55 Å². The molecule has 0 N–H and O–H groups in total. The van der Waals surface area contributed by atoms with E-state index in [0.29, 0.717) is 4.21 Å². The van der Waals surface area contributed by atoms with Gasteiger partial charge in [-0.05, 0) is 33.1 Å². The molecule has 0 radical (unpaired) electrons. The topological polar surface area (TPSA) is 40.1 Å². The maximum Gasteiger partial charge on any atom is 1.00 e. The van der Waals surface area contributed by atoms with E-state index >= 15 is 0 Å². The van der Waals surface area contributed by atoms with Crippen molar-refractivity contribution >= 4 is 38.3 Å². The van der Waals surface area contributed by atoms with Crippen LogP contribution in [0.3, 0.4) is 0 Å². The molecule has 1 aromatic rings. The first-order chi connectivity index (χ1) is 4.20. The van der Waals surface area contributed by atoms with E-state index in [1.165, 1.54) is 11.3 Å². The van der Waals surface area contributed by atoms with E-state index in [2.05, 4.69) is 15.9 Å². The van der Waals surface area contributed by atoms with Gasteiger partial charge in [-0.3, -0.25) is 4.21 Å². The summed E-state index contributed by atoms with van der Waals surface area (Å²) in [4.78, 5) is 0. The van der Waals surface area contributed by atoms with Crippen LogP contribution in [0.15, 0.2) is 20.1 Å². The van der Waals surface area contributed by atoms with Gasteiger partial charge in [-0.2, -0.15) is 0 Å². The smallest absolute Gasteiger partial charge is 0.768 e. The first kappa shape index (κ1) is 11.3. The van der Waals surface area contributed by atoms with Gasteiger partial charge in [0.05, 0.1) is 4.21 Å². The van der Waals surface area contributed by atoms with Gasteiger partial charge in [0.15, 0.2) is 0 Å². The van der Waals surface area contributed by atoms with Crippen LogP contribution in [-0.2, 0) is 11.1 Å². The van der Waals surface area contributed by atoms with Crippen molar-refractivity contribution in [2.75, 3.05) is 0 Å². The van der Waals surface area contributed by atoms with E-state index in [4.69, 9.17) is 0 Å². The number of rotatable bonds is 1. The predicted octanol–water partition coefficient (Wildman–Crippen LogP) is -1.25. The van der Waals surface area contributed by atoms with Gasteiger partial charge in [0.25, 0.3) is 0 Å². The van der Waals surface area contributed by atoms with Crippen LogP contribution >= 0.6 is 27.3 Å². The van der Waals surface area contributed by atoms with Crippen molar-refractivity contribution < 1.29 is 38.3 Å². The third-order valence-electron chi connectivity index (χ3n) is 0.708. The zero-order chi connectivity index (χ0) is 6.85. The van der Waals surface area contributed by atoms with Crippen LogP contribution in [0, 0.1) is 0 Å². The van der Waals surface area contributed by atoms with Gasteiger partial charge in [0, 0.05) is 9.85 Å². The van der Waals surface area contributed by atoms with Gasteiger partial charge in [0.1, 0.15) is 0 Å². The summed E-state index contributed by atoms with van der Waals surface area (Å²) in [5, 5.41) is 1.73. The van der Waals surface area contributed by atoms with Gasteiger partial charge in [-0.1, -0.05) is 0 Å². The Hall–Kier alpha value is 1.29. The molecule has 0 aliphatic heterocycles. The second kappa shape index (κ2) is 5.03. The zero-order valence-electron chi connectivity index (χ0n) is 5.17. The second-order valence-electron chi connectivity index (χ2n) is 1.32. The summed E-state index contributed by atoms with van der Waals surface area (Å²) in [6.45, 7) is 0. The third kappa shape index (κ3) is 3.13. The van der Waals surface area contributed by atoms with Gasteiger partial charge in [-0.15, -0.1) is 11.3 Å². The first-order valence-corrected chi connectivity index (χ1v) is 4.78. The fraction of sp³-hybridized carbons (Fsp3) is 0. The summed E-state index contributed by atoms with van der Waals surface area (Å²) in [7, 11) is 0. The Kier molecular flexibility index (Phi) is 5.68. The molecule has 0 saturated carbocycles. The second-order valence-corrected chi connectivity index (χ2v) is 4.31. The Morgan fingerprint density at radius 1 is 1.70 bits per heavy atom. The molecule has 1 aromatic heterocycles. The molecule has 0 fully saturated rings. The Morgan fingerprint density at radius 3 is 2.50 bits per heavy atom. The largest absolute Gasteiger partial charge is 1.00 e. The van der Waals surface area contributed by atoms with E-state index in [-0.39, 0.29) is 29.6 Å². The Morgan fingerprint density at radius 2 is 2.30 bits per heavy atom. The molecule has 0 aliphatic carbocycles. The third-order valence-corrected chi connectivity index (χ3v) is 3.33. The molecule has 0 amide bonds. The molecule has 1 rings (SSSR count). The standard InChI is InChI=1S/C4H3BrO2S2.Na/c5-3-1-4(8-2-3)9(6)7;/h1-2H,(H,6,7);/q;+1/p-1. The number of halogens is 1. The molecule has 0 spiro atoms. The minimum Gasteiger partial charge on any atom is -0.768 e. The van der Waals surface area contributed by atoms with Crippen molar-refractivity contribution in [1.82, 2.24) is 0 Å². The Bertz CT molecular complexity index is 237. The van der Waals surface area contributed by atoms with Crippen LogP contribution in [0.25, 0.3) is 0 Å². The van der Waals surface area contributed by atoms with Crippen LogP contribution in [0.2, 0.25) is 0 Å². The number of thiophene rings is 1. The molecular formula is C4H2BrNaO2S2. The molecule has 0 saturated heterocycles. The molecule has 50 valence electrons. The van der Waals surface area contributed by atoms with Gasteiger partial charge in [0.2, 0.25) is 0 Å². The molecule has 0 aromatic carbocycles. The van der Waals surface area contributed by atoms with E-state index in [1.807, 2.05) is 0 Å². The van der Waals surface area contributed by atoms with Crippen LogP contribution in [0.4, 0.5) is 0 Å². The average molecular weight is 249 g/mol. The minimum absolute atomic E-state index is 0. The van der Waals surface area contributed by atoms with E-state index < -0.39 is 11.1 Å². The van der Waals surface area contributed by atoms with Crippen LogP contribution < -0.4 is 29.6 Å². The molecule has 1 heterocycles. The van der Waals surface area contributed by atoms with E-state index in [0.717, 1.165) is 4.47 Å². The molecule has 0 bridgehead atoms. The molecule has 0 aliphatic rings. The fourth-order valence-electron chi connectivity index (χ4n) is 0.382. The first-order valence-electron chi connectivity index (χ1n) is 2.03. The summed E-state index contributed by atoms with van der Waals surface area (Å²) in [5.74, 6) is 0. The Labute approximate surface area is 95.7 Å². The van der Waals surface area contributed by atoms with Crippen molar-refractivity contribution in [2.24, 2.45) is 0 Å². The van der Waals surface area contributed by atoms with Crippen LogP contribution in [0.5, 0.6) is 0 Å². The summed E-state index contributed by atoms with van der Waals surface area (Å²) < 4.78 is 21.6. The maximum absolute atomic E-state index is 10.2. The summed E-state index contributed by atoms with van der Waals surface area (Å²) in [6, 6.07) is 1.56. The number of hydrogen-bond donors (Lipinski definition) is 0. The summed E-state index contributed by atoms with van der Waals surface area (Å²) in [6.07, 6.45) is 0. The van der Waals surface area contributed by atoms with Crippen LogP contribution in [-0.4, -0.2) is 8.76 Å². The zero-order valence-corrected chi connectivity index (χ0v) is 10.4. The molecule has 1 atom stereocenters. The molecule has 10 heavy (non-hydrogen) atoms. The van der Waals surface area contributed by atoms with Crippen molar-refractivity contribution in [2.45, 2.75) is 4.21 Å². The van der Waals surface area contributed by atoms with Gasteiger partial charge in [-0.25, -0.2) is 0 Å². The van der Waals surface area contributed by atoms with E-state index in [9.17, 15) is 8.76 Å². The summed E-state index contributed by atoms with van der Waals surface area (Å²) >= 11 is 2.27. The average Bonchev–Trinajstić information content (AvgIpc) is 2.14. The van der Waals surface area contributed by atoms with Crippen molar-refractivity contribution in [3.63, 3.8) is 0 Å². The monoisotopic (exact) mass is 248 g/mol. The summed E-state index contributed by atoms with van der Waals surface area (Å²) in [5.41, 5.74) is 0. The molecule has 2 nitrogen and oxygen atoms in total. The van der Waals surface area contributed by atoms with E-state index in [1.54, 1.807) is 11.4 Å². The van der Waals surface area contributed by atoms with Gasteiger partial charge >= 0.3 is 29.6 Å². The molecule has 6 heteroatoms. The molecular weight excluding hydrogens is 247 g/mol. The maximum atomic E-state index is 10.2. The predicted molar refractivity (Wildman–Crippen MR) is 39.2 cm³/mol.